The fraction of sp³-hybridized carbons (Fsp3) is 0.529. The van der Waals surface area contributed by atoms with Gasteiger partial charge in [-0.05, 0) is 31.2 Å². The number of hydrogen-bond donors (Lipinski definition) is 3. The zero-order valence-corrected chi connectivity index (χ0v) is 14.2. The van der Waals surface area contributed by atoms with E-state index >= 15 is 0 Å². The Morgan fingerprint density at radius 2 is 1.67 bits per heavy atom. The van der Waals surface area contributed by atoms with Crippen molar-refractivity contribution in [1.29, 1.82) is 0 Å². The summed E-state index contributed by atoms with van der Waals surface area (Å²) >= 11 is 0. The average molecular weight is 334 g/mol. The highest BCUT2D eigenvalue weighted by atomic mass is 16.5. The van der Waals surface area contributed by atoms with Crippen LogP contribution in [0.5, 0.6) is 0 Å². The third-order valence-electron chi connectivity index (χ3n) is 4.11. The van der Waals surface area contributed by atoms with Gasteiger partial charge in [0.15, 0.2) is 0 Å². The molecule has 1 aromatic rings. The highest BCUT2D eigenvalue weighted by Gasteiger charge is 2.17. The van der Waals surface area contributed by atoms with Gasteiger partial charge in [0, 0.05) is 30.5 Å². The molecule has 7 heteroatoms. The number of nitrogens with two attached hydrogens (primary N) is 1. The quantitative estimate of drug-likeness (QED) is 0.717. The molecule has 132 valence electrons. The molecule has 24 heavy (non-hydrogen) atoms. The molecule has 4 N–H and O–H groups in total. The number of benzene rings is 1. The monoisotopic (exact) mass is 334 g/mol. The lowest BCUT2D eigenvalue weighted by Crippen LogP contribution is -2.41. The van der Waals surface area contributed by atoms with Gasteiger partial charge in [-0.1, -0.05) is 6.92 Å². The lowest BCUT2D eigenvalue weighted by Gasteiger charge is -2.25. The number of nitrogens with zero attached hydrogens (tertiary/aromatic N) is 1. The van der Waals surface area contributed by atoms with Gasteiger partial charge in [0.25, 0.3) is 0 Å². The van der Waals surface area contributed by atoms with Gasteiger partial charge in [-0.15, -0.1) is 0 Å². The minimum atomic E-state index is -0.266. The molecule has 1 fully saturated rings. The number of carbonyl (C=O) groups is 2. The zero-order chi connectivity index (χ0) is 17.5. The van der Waals surface area contributed by atoms with Crippen LogP contribution in [0.15, 0.2) is 24.3 Å². The molecule has 2 rings (SSSR count). The maximum atomic E-state index is 12.0. The van der Waals surface area contributed by atoms with Gasteiger partial charge in [0.1, 0.15) is 0 Å². The van der Waals surface area contributed by atoms with Crippen molar-refractivity contribution in [1.82, 2.24) is 4.90 Å². The summed E-state index contributed by atoms with van der Waals surface area (Å²) in [6.07, 6.45) is 0. The van der Waals surface area contributed by atoms with Gasteiger partial charge in [0.05, 0.1) is 25.7 Å². The maximum Gasteiger partial charge on any atom is 0.238 e. The molecule has 1 heterocycles. The van der Waals surface area contributed by atoms with Crippen molar-refractivity contribution in [3.63, 3.8) is 0 Å². The summed E-state index contributed by atoms with van der Waals surface area (Å²) in [5, 5.41) is 5.67. The average Bonchev–Trinajstić information content (AvgIpc) is 2.56. The van der Waals surface area contributed by atoms with Crippen molar-refractivity contribution in [2.24, 2.45) is 11.7 Å². The molecule has 2 atom stereocenters. The molecule has 0 bridgehead atoms. The van der Waals surface area contributed by atoms with Crippen molar-refractivity contribution >= 4 is 23.2 Å². The topological polar surface area (TPSA) is 96.7 Å². The second-order valence-electron chi connectivity index (χ2n) is 6.15. The number of carbonyl (C=O) groups excluding carboxylic acids is 2. The number of hydrogen-bond acceptors (Lipinski definition) is 5. The van der Waals surface area contributed by atoms with E-state index in [1.54, 1.807) is 38.1 Å². The Labute approximate surface area is 142 Å². The van der Waals surface area contributed by atoms with Gasteiger partial charge in [0.2, 0.25) is 11.8 Å². The largest absolute Gasteiger partial charge is 0.379 e. The molecule has 0 aromatic heterocycles. The smallest absolute Gasteiger partial charge is 0.238 e. The normalized spacial score (nSPS) is 17.8. The SMILES string of the molecule is CC(N)C(C)C(=O)Nc1ccc(NC(=O)CN2CCOCC2)cc1. The second kappa shape index (κ2) is 8.77. The molecule has 0 spiro atoms. The van der Waals surface area contributed by atoms with E-state index in [-0.39, 0.29) is 23.8 Å². The lowest BCUT2D eigenvalue weighted by atomic mass is 10.0. The number of morpholine rings is 1. The lowest BCUT2D eigenvalue weighted by molar-refractivity contribution is -0.120. The molecule has 0 radical (unpaired) electrons. The molecular formula is C17H26N4O3. The first kappa shape index (κ1) is 18.4. The Morgan fingerprint density at radius 3 is 2.21 bits per heavy atom. The molecule has 1 aromatic carbocycles. The van der Waals surface area contributed by atoms with Crippen LogP contribution in [0, 0.1) is 5.92 Å². The summed E-state index contributed by atoms with van der Waals surface area (Å²) in [7, 11) is 0. The molecule has 0 saturated carbocycles. The van der Waals surface area contributed by atoms with E-state index in [9.17, 15) is 9.59 Å². The second-order valence-corrected chi connectivity index (χ2v) is 6.15. The Hall–Kier alpha value is -1.96. The van der Waals surface area contributed by atoms with Crippen molar-refractivity contribution in [2.75, 3.05) is 43.5 Å². The predicted molar refractivity (Wildman–Crippen MR) is 93.8 cm³/mol. The molecular weight excluding hydrogens is 308 g/mol. The van der Waals surface area contributed by atoms with Gasteiger partial charge < -0.3 is 21.1 Å². The summed E-state index contributed by atoms with van der Waals surface area (Å²) in [5.41, 5.74) is 7.11. The summed E-state index contributed by atoms with van der Waals surface area (Å²) in [6.45, 7) is 6.83. The highest BCUT2D eigenvalue weighted by molar-refractivity contribution is 5.94. The van der Waals surface area contributed by atoms with Crippen LogP contribution in [0.3, 0.4) is 0 Å². The van der Waals surface area contributed by atoms with Crippen LogP contribution in [0.4, 0.5) is 11.4 Å². The number of anilines is 2. The van der Waals surface area contributed by atoms with Crippen LogP contribution in [0.1, 0.15) is 13.8 Å². The molecule has 1 aliphatic heterocycles. The standard InChI is InChI=1S/C17H26N4O3/c1-12(13(2)18)17(23)20-15-5-3-14(4-6-15)19-16(22)11-21-7-9-24-10-8-21/h3-6,12-13H,7-11,18H2,1-2H3,(H,19,22)(H,20,23). The minimum Gasteiger partial charge on any atom is -0.379 e. The Bertz CT molecular complexity index is 553. The molecule has 1 saturated heterocycles. The van der Waals surface area contributed by atoms with E-state index < -0.39 is 0 Å². The van der Waals surface area contributed by atoms with Crippen LogP contribution in [0.2, 0.25) is 0 Å². The third-order valence-corrected chi connectivity index (χ3v) is 4.11. The Morgan fingerprint density at radius 1 is 1.12 bits per heavy atom. The summed E-state index contributed by atoms with van der Waals surface area (Å²) in [6, 6.07) is 6.85. The van der Waals surface area contributed by atoms with Crippen molar-refractivity contribution < 1.29 is 14.3 Å². The van der Waals surface area contributed by atoms with Crippen LogP contribution >= 0.6 is 0 Å². The number of nitrogens with one attached hydrogen (secondary N) is 2. The van der Waals surface area contributed by atoms with Crippen LogP contribution < -0.4 is 16.4 Å². The predicted octanol–water partition coefficient (Wildman–Crippen LogP) is 0.879. The van der Waals surface area contributed by atoms with E-state index in [1.165, 1.54) is 0 Å². The fourth-order valence-corrected chi connectivity index (χ4v) is 2.29. The van der Waals surface area contributed by atoms with E-state index in [1.807, 2.05) is 0 Å². The van der Waals surface area contributed by atoms with Crippen LogP contribution in [0.25, 0.3) is 0 Å². The summed E-state index contributed by atoms with van der Waals surface area (Å²) < 4.78 is 5.26. The van der Waals surface area contributed by atoms with E-state index in [0.29, 0.717) is 31.1 Å². The van der Waals surface area contributed by atoms with Crippen LogP contribution in [-0.2, 0) is 14.3 Å². The number of ether oxygens (including phenoxy) is 1. The Balaban J connectivity index is 1.83. The molecule has 0 aliphatic carbocycles. The first-order chi connectivity index (χ1) is 11.5. The summed E-state index contributed by atoms with van der Waals surface area (Å²) in [4.78, 5) is 26.1. The molecule has 2 unspecified atom stereocenters. The maximum absolute atomic E-state index is 12.0. The number of amides is 2. The summed E-state index contributed by atoms with van der Waals surface area (Å²) in [5.74, 6) is -0.439. The Kier molecular flexibility index (Phi) is 6.72. The van der Waals surface area contributed by atoms with Crippen molar-refractivity contribution in [3.05, 3.63) is 24.3 Å². The van der Waals surface area contributed by atoms with Crippen molar-refractivity contribution in [3.8, 4) is 0 Å². The van der Waals surface area contributed by atoms with Gasteiger partial charge >= 0.3 is 0 Å². The molecule has 1 aliphatic rings. The van der Waals surface area contributed by atoms with Crippen LogP contribution in [-0.4, -0.2) is 55.6 Å². The first-order valence-electron chi connectivity index (χ1n) is 8.22. The highest BCUT2D eigenvalue weighted by Crippen LogP contribution is 2.15. The third kappa shape index (κ3) is 5.59. The number of rotatable bonds is 6. The van der Waals surface area contributed by atoms with E-state index in [0.717, 1.165) is 13.1 Å². The van der Waals surface area contributed by atoms with Gasteiger partial charge in [-0.2, -0.15) is 0 Å². The van der Waals surface area contributed by atoms with E-state index in [4.69, 9.17) is 10.5 Å². The van der Waals surface area contributed by atoms with E-state index in [2.05, 4.69) is 15.5 Å². The molecule has 2 amide bonds. The molecule has 7 nitrogen and oxygen atoms in total. The minimum absolute atomic E-state index is 0.0562. The fourth-order valence-electron chi connectivity index (χ4n) is 2.29. The van der Waals surface area contributed by atoms with Gasteiger partial charge in [-0.25, -0.2) is 0 Å². The first-order valence-corrected chi connectivity index (χ1v) is 8.22. The van der Waals surface area contributed by atoms with Gasteiger partial charge in [-0.3, -0.25) is 14.5 Å². The zero-order valence-electron chi connectivity index (χ0n) is 14.2. The van der Waals surface area contributed by atoms with Crippen molar-refractivity contribution in [2.45, 2.75) is 19.9 Å².